The van der Waals surface area contributed by atoms with Crippen molar-refractivity contribution in [1.82, 2.24) is 15.5 Å². The average Bonchev–Trinajstić information content (AvgIpc) is 2.22. The summed E-state index contributed by atoms with van der Waals surface area (Å²) in [4.78, 5) is 35.7. The van der Waals surface area contributed by atoms with Gasteiger partial charge in [-0.3, -0.25) is 4.79 Å². The zero-order valence-corrected chi connectivity index (χ0v) is 12.3. The van der Waals surface area contributed by atoms with Crippen molar-refractivity contribution in [2.75, 3.05) is 14.1 Å². The molecule has 2 atom stereocenters. The summed E-state index contributed by atoms with van der Waals surface area (Å²) < 4.78 is 0. The van der Waals surface area contributed by atoms with Crippen molar-refractivity contribution in [3.8, 4) is 0 Å². The number of hydrogen-bond acceptors (Lipinski definition) is 3. The Kier molecular flexibility index (Phi) is 5.80. The van der Waals surface area contributed by atoms with Crippen LogP contribution >= 0.6 is 0 Å². The lowest BCUT2D eigenvalue weighted by atomic mass is 9.87. The van der Waals surface area contributed by atoms with Crippen LogP contribution in [0.15, 0.2) is 0 Å². The van der Waals surface area contributed by atoms with Gasteiger partial charge in [0.2, 0.25) is 5.91 Å². The molecule has 0 aromatic heterocycles. The van der Waals surface area contributed by atoms with Crippen LogP contribution in [0.25, 0.3) is 0 Å². The van der Waals surface area contributed by atoms with Gasteiger partial charge in [-0.25, -0.2) is 9.59 Å². The molecule has 0 aliphatic heterocycles. The van der Waals surface area contributed by atoms with E-state index >= 15 is 0 Å². The molecule has 7 heteroatoms. The second-order valence-corrected chi connectivity index (χ2v) is 5.71. The Hall–Kier alpha value is -1.79. The lowest BCUT2D eigenvalue weighted by Crippen LogP contribution is -2.55. The minimum atomic E-state index is -1.12. The lowest BCUT2D eigenvalue weighted by Gasteiger charge is -2.28. The van der Waals surface area contributed by atoms with E-state index in [2.05, 4.69) is 10.6 Å². The van der Waals surface area contributed by atoms with Crippen molar-refractivity contribution in [1.29, 1.82) is 0 Å². The maximum atomic E-state index is 11.7. The van der Waals surface area contributed by atoms with Crippen LogP contribution in [0.3, 0.4) is 0 Å². The van der Waals surface area contributed by atoms with Gasteiger partial charge in [0.05, 0.1) is 0 Å². The highest BCUT2D eigenvalue weighted by atomic mass is 16.4. The van der Waals surface area contributed by atoms with Crippen molar-refractivity contribution < 1.29 is 19.5 Å². The van der Waals surface area contributed by atoms with Gasteiger partial charge in [0.1, 0.15) is 12.1 Å². The van der Waals surface area contributed by atoms with Gasteiger partial charge in [-0.15, -0.1) is 0 Å². The fourth-order valence-electron chi connectivity index (χ4n) is 1.47. The molecule has 3 N–H and O–H groups in total. The summed E-state index contributed by atoms with van der Waals surface area (Å²) in [7, 11) is 3.15. The molecule has 0 rings (SSSR count). The average molecular weight is 273 g/mol. The molecule has 0 saturated heterocycles. The molecule has 0 aliphatic carbocycles. The van der Waals surface area contributed by atoms with Gasteiger partial charge in [-0.1, -0.05) is 20.8 Å². The normalized spacial score (nSPS) is 14.2. The highest BCUT2D eigenvalue weighted by Gasteiger charge is 2.33. The summed E-state index contributed by atoms with van der Waals surface area (Å²) in [6, 6.07) is -2.43. The first-order valence-corrected chi connectivity index (χ1v) is 5.97. The van der Waals surface area contributed by atoms with Crippen LogP contribution < -0.4 is 10.6 Å². The van der Waals surface area contributed by atoms with Gasteiger partial charge >= 0.3 is 12.0 Å². The maximum absolute atomic E-state index is 11.7. The predicted molar refractivity (Wildman–Crippen MR) is 70.7 cm³/mol. The number of carboxylic acids is 1. The number of rotatable bonds is 4. The third kappa shape index (κ3) is 5.58. The molecule has 1 unspecified atom stereocenters. The van der Waals surface area contributed by atoms with Crippen molar-refractivity contribution in [2.45, 2.75) is 39.8 Å². The van der Waals surface area contributed by atoms with Gasteiger partial charge < -0.3 is 20.6 Å². The first-order valence-electron chi connectivity index (χ1n) is 5.97. The molecule has 0 bridgehead atoms. The smallest absolute Gasteiger partial charge is 0.326 e. The number of nitrogens with one attached hydrogen (secondary N) is 2. The summed E-state index contributed by atoms with van der Waals surface area (Å²) in [6.07, 6.45) is 0. The Bertz CT molecular complexity index is 360. The van der Waals surface area contributed by atoms with Crippen LogP contribution in [0.1, 0.15) is 27.7 Å². The molecule has 0 spiro atoms. The van der Waals surface area contributed by atoms with Crippen LogP contribution in [0, 0.1) is 5.41 Å². The molecule has 0 aliphatic rings. The first-order chi connectivity index (χ1) is 8.46. The zero-order valence-electron chi connectivity index (χ0n) is 12.3. The zero-order chi connectivity index (χ0) is 15.4. The highest BCUT2D eigenvalue weighted by Crippen LogP contribution is 2.19. The standard InChI is InChI=1S/C12H23N3O4/c1-7(9(16)15(5)6)13-11(19)14-8(10(17)18)12(2,3)4/h7-8H,1-6H3,(H,17,18)(H2,13,14,19)/t7?,8-/m0/s1. The van der Waals surface area contributed by atoms with E-state index in [9.17, 15) is 14.4 Å². The molecular weight excluding hydrogens is 250 g/mol. The number of carbonyl (C=O) groups excluding carboxylic acids is 2. The van der Waals surface area contributed by atoms with Crippen LogP contribution in [0.4, 0.5) is 4.79 Å². The second kappa shape index (κ2) is 6.40. The summed E-state index contributed by atoms with van der Waals surface area (Å²) in [5.74, 6) is -1.38. The van der Waals surface area contributed by atoms with Crippen molar-refractivity contribution in [3.63, 3.8) is 0 Å². The first kappa shape index (κ1) is 17.2. The summed E-state index contributed by atoms with van der Waals surface area (Å²) >= 11 is 0. The van der Waals surface area contributed by atoms with Crippen molar-refractivity contribution in [3.05, 3.63) is 0 Å². The Morgan fingerprint density at radius 2 is 1.58 bits per heavy atom. The topological polar surface area (TPSA) is 98.7 Å². The summed E-state index contributed by atoms with van der Waals surface area (Å²) in [5.41, 5.74) is -0.627. The molecule has 110 valence electrons. The number of aliphatic carboxylic acids is 1. The number of carbonyl (C=O) groups is 3. The monoisotopic (exact) mass is 273 g/mol. The molecule has 0 saturated carbocycles. The third-order valence-electron chi connectivity index (χ3n) is 2.55. The van der Waals surface area contributed by atoms with E-state index in [0.717, 1.165) is 0 Å². The number of nitrogens with zero attached hydrogens (tertiary/aromatic N) is 1. The molecule has 0 radical (unpaired) electrons. The van der Waals surface area contributed by atoms with Gasteiger partial charge in [-0.2, -0.15) is 0 Å². The quantitative estimate of drug-likeness (QED) is 0.684. The van der Waals surface area contributed by atoms with E-state index in [1.807, 2.05) is 0 Å². The van der Waals surface area contributed by atoms with Crippen LogP contribution in [0.2, 0.25) is 0 Å². The molecule has 0 fully saturated rings. The lowest BCUT2D eigenvalue weighted by molar-refractivity contribution is -0.141. The Morgan fingerprint density at radius 3 is 1.89 bits per heavy atom. The fraction of sp³-hybridized carbons (Fsp3) is 0.750. The number of likely N-dealkylation sites (N-methyl/N-ethyl adjacent to an activating group) is 1. The molecule has 0 aromatic rings. The minimum absolute atomic E-state index is 0.266. The van der Waals surface area contributed by atoms with Gasteiger partial charge in [0.25, 0.3) is 0 Å². The Labute approximate surface area is 113 Å². The highest BCUT2D eigenvalue weighted by molar-refractivity contribution is 5.88. The van der Waals surface area contributed by atoms with Crippen LogP contribution in [-0.4, -0.2) is 54.1 Å². The van der Waals surface area contributed by atoms with Gasteiger partial charge in [0, 0.05) is 14.1 Å². The van der Waals surface area contributed by atoms with Crippen molar-refractivity contribution in [2.24, 2.45) is 5.41 Å². The van der Waals surface area contributed by atoms with E-state index < -0.39 is 29.5 Å². The van der Waals surface area contributed by atoms with E-state index in [1.165, 1.54) is 11.8 Å². The van der Waals surface area contributed by atoms with E-state index in [0.29, 0.717) is 0 Å². The minimum Gasteiger partial charge on any atom is -0.480 e. The Morgan fingerprint density at radius 1 is 1.11 bits per heavy atom. The van der Waals surface area contributed by atoms with Gasteiger partial charge in [0.15, 0.2) is 0 Å². The number of carboxylic acid groups (broad SMARTS) is 1. The van der Waals surface area contributed by atoms with E-state index in [1.54, 1.807) is 34.9 Å². The molecule has 7 nitrogen and oxygen atoms in total. The SMILES string of the molecule is CC(NC(=O)N[C@@H](C(=O)O)C(C)(C)C)C(=O)N(C)C. The molecule has 0 heterocycles. The summed E-state index contributed by atoms with van der Waals surface area (Å²) in [5, 5.41) is 13.8. The maximum Gasteiger partial charge on any atom is 0.326 e. The predicted octanol–water partition coefficient (Wildman–Crippen LogP) is 0.262. The molecule has 0 aromatic carbocycles. The van der Waals surface area contributed by atoms with Crippen LogP contribution in [0.5, 0.6) is 0 Å². The third-order valence-corrected chi connectivity index (χ3v) is 2.55. The number of urea groups is 1. The van der Waals surface area contributed by atoms with Crippen LogP contribution in [-0.2, 0) is 9.59 Å². The second-order valence-electron chi connectivity index (χ2n) is 5.71. The number of amides is 3. The Balaban J connectivity index is 4.61. The molecular formula is C12H23N3O4. The van der Waals surface area contributed by atoms with Gasteiger partial charge in [-0.05, 0) is 12.3 Å². The molecule has 3 amide bonds. The van der Waals surface area contributed by atoms with E-state index in [-0.39, 0.29) is 5.91 Å². The molecule has 19 heavy (non-hydrogen) atoms. The number of hydrogen-bond donors (Lipinski definition) is 3. The fourth-order valence-corrected chi connectivity index (χ4v) is 1.47. The van der Waals surface area contributed by atoms with E-state index in [4.69, 9.17) is 5.11 Å². The largest absolute Gasteiger partial charge is 0.480 e. The summed E-state index contributed by atoms with van der Waals surface area (Å²) in [6.45, 7) is 6.66. The van der Waals surface area contributed by atoms with Crippen molar-refractivity contribution >= 4 is 17.9 Å².